The van der Waals surface area contributed by atoms with Crippen molar-refractivity contribution in [1.29, 1.82) is 5.26 Å². The number of thioether (sulfide) groups is 1. The Morgan fingerprint density at radius 1 is 1.00 bits per heavy atom. The van der Waals surface area contributed by atoms with E-state index < -0.39 is 0 Å². The van der Waals surface area contributed by atoms with Crippen molar-refractivity contribution >= 4 is 34.6 Å². The van der Waals surface area contributed by atoms with E-state index in [4.69, 9.17) is 5.26 Å². The molecule has 0 unspecified atom stereocenters. The fraction of sp³-hybridized carbons (Fsp3) is 0.0417. The van der Waals surface area contributed by atoms with Gasteiger partial charge in [0.05, 0.1) is 17.3 Å². The maximum absolute atomic E-state index is 13.4. The van der Waals surface area contributed by atoms with Gasteiger partial charge in [0.15, 0.2) is 5.17 Å². The largest absolute Gasteiger partial charge is 0.283 e. The number of rotatable bonds is 4. The van der Waals surface area contributed by atoms with Gasteiger partial charge in [-0.25, -0.2) is 9.38 Å². The third-order valence-electron chi connectivity index (χ3n) is 4.47. The summed E-state index contributed by atoms with van der Waals surface area (Å²) in [5.74, 6) is -0.0457. The van der Waals surface area contributed by atoms with Crippen LogP contribution in [0.25, 0.3) is 6.08 Å². The van der Waals surface area contributed by atoms with E-state index in [-0.39, 0.29) is 11.7 Å². The Bertz CT molecular complexity index is 1160. The first-order valence-corrected chi connectivity index (χ1v) is 10.2. The number of carbonyl (C=O) groups is 1. The van der Waals surface area contributed by atoms with Crippen molar-refractivity contribution in [1.82, 2.24) is 0 Å². The van der Waals surface area contributed by atoms with Crippen LogP contribution >= 0.6 is 11.8 Å². The minimum Gasteiger partial charge on any atom is -0.266 e. The van der Waals surface area contributed by atoms with Gasteiger partial charge < -0.3 is 0 Å². The Kier molecular flexibility index (Phi) is 5.73. The molecule has 0 saturated heterocycles. The van der Waals surface area contributed by atoms with E-state index in [0.717, 1.165) is 11.1 Å². The summed E-state index contributed by atoms with van der Waals surface area (Å²) in [5.41, 5.74) is 3.37. The standard InChI is InChI=1S/C24H16FN3OS/c25-20-10-12-21(13-11-20)28-23(29)22(14-17-4-2-1-3-5-17)27-24(28)30-16-19-8-6-18(15-26)7-9-19/h1-14H,16H2. The number of anilines is 1. The van der Waals surface area contributed by atoms with Gasteiger partial charge in [0.1, 0.15) is 11.5 Å². The molecule has 0 radical (unpaired) electrons. The fourth-order valence-electron chi connectivity index (χ4n) is 2.94. The molecule has 3 aromatic carbocycles. The van der Waals surface area contributed by atoms with E-state index in [9.17, 15) is 9.18 Å². The quantitative estimate of drug-likeness (QED) is 0.540. The lowest BCUT2D eigenvalue weighted by atomic mass is 10.2. The molecule has 0 saturated carbocycles. The van der Waals surface area contributed by atoms with Crippen molar-refractivity contribution in [3.8, 4) is 6.07 Å². The van der Waals surface area contributed by atoms with Crippen LogP contribution < -0.4 is 4.90 Å². The zero-order valence-electron chi connectivity index (χ0n) is 15.8. The number of carbonyl (C=O) groups excluding carboxylic acids is 1. The molecule has 0 spiro atoms. The molecule has 1 heterocycles. The number of nitriles is 1. The van der Waals surface area contributed by atoms with Gasteiger partial charge in [-0.05, 0) is 53.6 Å². The summed E-state index contributed by atoms with van der Waals surface area (Å²) in [7, 11) is 0. The summed E-state index contributed by atoms with van der Waals surface area (Å²) in [4.78, 5) is 19.2. The summed E-state index contributed by atoms with van der Waals surface area (Å²) in [6.45, 7) is 0. The first-order chi connectivity index (χ1) is 14.6. The van der Waals surface area contributed by atoms with Gasteiger partial charge in [-0.2, -0.15) is 5.26 Å². The Balaban J connectivity index is 1.64. The molecule has 6 heteroatoms. The summed E-state index contributed by atoms with van der Waals surface area (Å²) in [6, 6.07) is 24.7. The molecule has 1 amide bonds. The highest BCUT2D eigenvalue weighted by molar-refractivity contribution is 8.13. The van der Waals surface area contributed by atoms with Crippen LogP contribution in [0.5, 0.6) is 0 Å². The van der Waals surface area contributed by atoms with Gasteiger partial charge in [-0.15, -0.1) is 0 Å². The molecule has 0 bridgehead atoms. The fourth-order valence-corrected chi connectivity index (χ4v) is 3.91. The summed E-state index contributed by atoms with van der Waals surface area (Å²) in [5, 5.41) is 9.47. The maximum Gasteiger partial charge on any atom is 0.283 e. The molecule has 0 atom stereocenters. The molecular formula is C24H16FN3OS. The zero-order valence-corrected chi connectivity index (χ0v) is 16.6. The first-order valence-electron chi connectivity index (χ1n) is 9.21. The van der Waals surface area contributed by atoms with Crippen molar-refractivity contribution in [3.63, 3.8) is 0 Å². The number of amides is 1. The Labute approximate surface area is 178 Å². The summed E-state index contributed by atoms with van der Waals surface area (Å²) < 4.78 is 13.4. The van der Waals surface area contributed by atoms with E-state index in [0.29, 0.717) is 27.9 Å². The average molecular weight is 413 g/mol. The maximum atomic E-state index is 13.4. The molecule has 1 aliphatic rings. The molecule has 30 heavy (non-hydrogen) atoms. The smallest absolute Gasteiger partial charge is 0.266 e. The minimum absolute atomic E-state index is 0.257. The molecule has 4 nitrogen and oxygen atoms in total. The second-order valence-electron chi connectivity index (χ2n) is 6.55. The van der Waals surface area contributed by atoms with Crippen molar-refractivity contribution in [2.24, 2.45) is 4.99 Å². The number of benzene rings is 3. The van der Waals surface area contributed by atoms with Crippen LogP contribution in [0.3, 0.4) is 0 Å². The van der Waals surface area contributed by atoms with Crippen molar-refractivity contribution in [3.05, 3.63) is 107 Å². The lowest BCUT2D eigenvalue weighted by Gasteiger charge is -2.17. The number of hydrogen-bond acceptors (Lipinski definition) is 4. The second-order valence-corrected chi connectivity index (χ2v) is 7.49. The van der Waals surface area contributed by atoms with Gasteiger partial charge in [-0.3, -0.25) is 9.69 Å². The van der Waals surface area contributed by atoms with Crippen molar-refractivity contribution < 1.29 is 9.18 Å². The van der Waals surface area contributed by atoms with Gasteiger partial charge >= 0.3 is 0 Å². The first kappa shape index (κ1) is 19.6. The van der Waals surface area contributed by atoms with E-state index in [1.165, 1.54) is 28.8 Å². The summed E-state index contributed by atoms with van der Waals surface area (Å²) in [6.07, 6.45) is 1.74. The van der Waals surface area contributed by atoms with Crippen LogP contribution in [0.4, 0.5) is 10.1 Å². The van der Waals surface area contributed by atoms with E-state index in [1.807, 2.05) is 42.5 Å². The molecule has 3 aromatic rings. The number of nitrogens with zero attached hydrogens (tertiary/aromatic N) is 3. The molecule has 0 aliphatic carbocycles. The monoisotopic (exact) mass is 413 g/mol. The Hall–Kier alpha value is -3.69. The predicted molar refractivity (Wildman–Crippen MR) is 118 cm³/mol. The number of aliphatic imine (C=N–C) groups is 1. The van der Waals surface area contributed by atoms with Crippen LogP contribution in [-0.2, 0) is 10.5 Å². The third-order valence-corrected chi connectivity index (χ3v) is 5.48. The molecule has 4 rings (SSSR count). The lowest BCUT2D eigenvalue weighted by molar-refractivity contribution is -0.113. The highest BCUT2D eigenvalue weighted by Gasteiger charge is 2.32. The van der Waals surface area contributed by atoms with Gasteiger partial charge in [0.2, 0.25) is 0 Å². The van der Waals surface area contributed by atoms with Crippen LogP contribution in [0, 0.1) is 17.1 Å². The van der Waals surface area contributed by atoms with Gasteiger partial charge in [0, 0.05) is 5.75 Å². The highest BCUT2D eigenvalue weighted by Crippen LogP contribution is 2.31. The zero-order chi connectivity index (χ0) is 20.9. The minimum atomic E-state index is -0.367. The lowest BCUT2D eigenvalue weighted by Crippen LogP contribution is -2.30. The van der Waals surface area contributed by atoms with Gasteiger partial charge in [-0.1, -0.05) is 54.2 Å². The highest BCUT2D eigenvalue weighted by atomic mass is 32.2. The summed E-state index contributed by atoms with van der Waals surface area (Å²) >= 11 is 1.41. The van der Waals surface area contributed by atoms with Crippen LogP contribution in [0.2, 0.25) is 0 Å². The van der Waals surface area contributed by atoms with Gasteiger partial charge in [0.25, 0.3) is 5.91 Å². The van der Waals surface area contributed by atoms with Crippen LogP contribution in [0.1, 0.15) is 16.7 Å². The molecule has 1 aliphatic heterocycles. The number of amidine groups is 1. The normalized spacial score (nSPS) is 14.7. The van der Waals surface area contributed by atoms with Crippen LogP contribution in [-0.4, -0.2) is 11.1 Å². The average Bonchev–Trinajstić information content (AvgIpc) is 3.09. The Morgan fingerprint density at radius 3 is 2.37 bits per heavy atom. The van der Waals surface area contributed by atoms with Crippen molar-refractivity contribution in [2.75, 3.05) is 4.90 Å². The third kappa shape index (κ3) is 4.32. The van der Waals surface area contributed by atoms with E-state index >= 15 is 0 Å². The SMILES string of the molecule is N#Cc1ccc(CSC2=NC(=Cc3ccccc3)C(=O)N2c2ccc(F)cc2)cc1. The topological polar surface area (TPSA) is 56.5 Å². The molecule has 0 fully saturated rings. The van der Waals surface area contributed by atoms with E-state index in [1.54, 1.807) is 30.3 Å². The number of hydrogen-bond donors (Lipinski definition) is 0. The number of halogens is 1. The molecule has 0 aromatic heterocycles. The molecule has 0 N–H and O–H groups in total. The molecular weight excluding hydrogens is 397 g/mol. The van der Waals surface area contributed by atoms with Crippen LogP contribution in [0.15, 0.2) is 89.6 Å². The Morgan fingerprint density at radius 2 is 1.70 bits per heavy atom. The molecule has 146 valence electrons. The predicted octanol–water partition coefficient (Wildman–Crippen LogP) is 5.37. The van der Waals surface area contributed by atoms with Crippen molar-refractivity contribution in [2.45, 2.75) is 5.75 Å². The van der Waals surface area contributed by atoms with E-state index in [2.05, 4.69) is 11.1 Å². The second kappa shape index (κ2) is 8.76.